The molecule has 2 amide bonds. The molecule has 0 aromatic heterocycles. The third-order valence-electron chi connectivity index (χ3n) is 4.22. The van der Waals surface area contributed by atoms with Crippen LogP contribution in [0.1, 0.15) is 32.1 Å². The number of carboxylic acids is 1. The van der Waals surface area contributed by atoms with Gasteiger partial charge in [0.05, 0.1) is 5.92 Å². The minimum Gasteiger partial charge on any atom is -0.481 e. The molecule has 7 heteroatoms. The second-order valence-corrected chi connectivity index (χ2v) is 7.31. The number of amides is 2. The summed E-state index contributed by atoms with van der Waals surface area (Å²) in [5, 5.41) is 14.7. The summed E-state index contributed by atoms with van der Waals surface area (Å²) in [7, 11) is -0.728. The van der Waals surface area contributed by atoms with Crippen molar-refractivity contribution in [3.8, 4) is 0 Å². The molecular formula is C13H22N2O4S. The molecule has 0 radical (unpaired) electrons. The van der Waals surface area contributed by atoms with Crippen LogP contribution >= 0.6 is 0 Å². The lowest BCUT2D eigenvalue weighted by Gasteiger charge is -2.23. The number of nitrogens with one attached hydrogen (secondary N) is 2. The maximum atomic E-state index is 11.8. The van der Waals surface area contributed by atoms with Gasteiger partial charge in [0.15, 0.2) is 0 Å². The lowest BCUT2D eigenvalue weighted by molar-refractivity contribution is -0.142. The van der Waals surface area contributed by atoms with Gasteiger partial charge in [-0.2, -0.15) is 0 Å². The summed E-state index contributed by atoms with van der Waals surface area (Å²) in [5.41, 5.74) is 0. The van der Waals surface area contributed by atoms with Crippen molar-refractivity contribution in [1.82, 2.24) is 10.6 Å². The predicted octanol–water partition coefficient (Wildman–Crippen LogP) is 0.698. The molecule has 0 aromatic rings. The third kappa shape index (κ3) is 4.19. The molecule has 1 aliphatic heterocycles. The van der Waals surface area contributed by atoms with E-state index in [9.17, 15) is 13.8 Å². The SMILES string of the molecule is O=C(NCC1CCCC1C(=O)O)NC1CCS(=O)CC1. The third-order valence-corrected chi connectivity index (χ3v) is 5.61. The Morgan fingerprint density at radius 3 is 2.50 bits per heavy atom. The highest BCUT2D eigenvalue weighted by molar-refractivity contribution is 7.85. The lowest BCUT2D eigenvalue weighted by Crippen LogP contribution is -2.46. The van der Waals surface area contributed by atoms with Crippen LogP contribution in [0.2, 0.25) is 0 Å². The monoisotopic (exact) mass is 302 g/mol. The van der Waals surface area contributed by atoms with E-state index in [0.29, 0.717) is 24.5 Å². The molecule has 2 atom stereocenters. The van der Waals surface area contributed by atoms with Crippen molar-refractivity contribution in [2.24, 2.45) is 11.8 Å². The number of carbonyl (C=O) groups excluding carboxylic acids is 1. The van der Waals surface area contributed by atoms with Gasteiger partial charge in [0.2, 0.25) is 0 Å². The Morgan fingerprint density at radius 2 is 1.85 bits per heavy atom. The van der Waals surface area contributed by atoms with Gasteiger partial charge in [0, 0.05) is 34.9 Å². The Kier molecular flexibility index (Phi) is 5.39. The van der Waals surface area contributed by atoms with Crippen molar-refractivity contribution in [1.29, 1.82) is 0 Å². The average molecular weight is 302 g/mol. The van der Waals surface area contributed by atoms with E-state index in [-0.39, 0.29) is 23.9 Å². The number of carboxylic acid groups (broad SMARTS) is 1. The van der Waals surface area contributed by atoms with Crippen LogP contribution in [0.25, 0.3) is 0 Å². The van der Waals surface area contributed by atoms with Gasteiger partial charge in [-0.25, -0.2) is 4.79 Å². The molecule has 2 rings (SSSR count). The van der Waals surface area contributed by atoms with E-state index < -0.39 is 16.8 Å². The van der Waals surface area contributed by atoms with Gasteiger partial charge in [-0.3, -0.25) is 9.00 Å². The maximum Gasteiger partial charge on any atom is 0.315 e. The molecule has 1 saturated heterocycles. The van der Waals surface area contributed by atoms with E-state index in [1.54, 1.807) is 0 Å². The van der Waals surface area contributed by atoms with Gasteiger partial charge in [-0.15, -0.1) is 0 Å². The quantitative estimate of drug-likeness (QED) is 0.712. The standard InChI is InChI=1S/C13H22N2O4S/c16-12(17)11-3-1-2-9(11)8-14-13(18)15-10-4-6-20(19)7-5-10/h9-11H,1-8H2,(H,16,17)(H2,14,15,18). The summed E-state index contributed by atoms with van der Waals surface area (Å²) in [6.07, 6.45) is 3.99. The number of hydrogen-bond donors (Lipinski definition) is 3. The molecule has 114 valence electrons. The smallest absolute Gasteiger partial charge is 0.315 e. The van der Waals surface area contributed by atoms with E-state index >= 15 is 0 Å². The van der Waals surface area contributed by atoms with Gasteiger partial charge in [-0.1, -0.05) is 6.42 Å². The average Bonchev–Trinajstić information content (AvgIpc) is 2.88. The second kappa shape index (κ2) is 7.06. The van der Waals surface area contributed by atoms with Gasteiger partial charge < -0.3 is 15.7 Å². The summed E-state index contributed by atoms with van der Waals surface area (Å²) in [6, 6.07) is -0.148. The van der Waals surface area contributed by atoms with Gasteiger partial charge in [0.1, 0.15) is 0 Å². The summed E-state index contributed by atoms with van der Waals surface area (Å²) < 4.78 is 11.2. The molecule has 2 fully saturated rings. The minimum absolute atomic E-state index is 0.0390. The lowest BCUT2D eigenvalue weighted by atomic mass is 9.96. The van der Waals surface area contributed by atoms with E-state index in [1.165, 1.54) is 0 Å². The van der Waals surface area contributed by atoms with Gasteiger partial charge >= 0.3 is 12.0 Å². The zero-order valence-corrected chi connectivity index (χ0v) is 12.3. The fourth-order valence-corrected chi connectivity index (χ4v) is 4.30. The van der Waals surface area contributed by atoms with Crippen LogP contribution in [-0.4, -0.2) is 45.4 Å². The topological polar surface area (TPSA) is 95.5 Å². The number of carbonyl (C=O) groups is 2. The molecule has 0 aromatic carbocycles. The first-order chi connectivity index (χ1) is 9.56. The van der Waals surface area contributed by atoms with Crippen molar-refractivity contribution in [2.75, 3.05) is 18.1 Å². The molecule has 1 aliphatic carbocycles. The Balaban J connectivity index is 1.69. The van der Waals surface area contributed by atoms with E-state index in [2.05, 4.69) is 10.6 Å². The first-order valence-corrected chi connectivity index (χ1v) is 8.67. The van der Waals surface area contributed by atoms with E-state index in [4.69, 9.17) is 5.11 Å². The first-order valence-electron chi connectivity index (χ1n) is 7.18. The second-order valence-electron chi connectivity index (χ2n) is 5.61. The van der Waals surface area contributed by atoms with Crippen molar-refractivity contribution in [3.05, 3.63) is 0 Å². The number of aliphatic carboxylic acids is 1. The summed E-state index contributed by atoms with van der Waals surface area (Å²) >= 11 is 0. The molecule has 6 nitrogen and oxygen atoms in total. The molecule has 3 N–H and O–H groups in total. The summed E-state index contributed by atoms with van der Waals surface area (Å²) in [4.78, 5) is 22.8. The number of rotatable bonds is 4. The van der Waals surface area contributed by atoms with Crippen molar-refractivity contribution in [2.45, 2.75) is 38.1 Å². The highest BCUT2D eigenvalue weighted by Gasteiger charge is 2.33. The van der Waals surface area contributed by atoms with Crippen LogP contribution in [0.3, 0.4) is 0 Å². The molecule has 0 spiro atoms. The zero-order chi connectivity index (χ0) is 14.5. The van der Waals surface area contributed by atoms with Crippen molar-refractivity contribution >= 4 is 22.8 Å². The fraction of sp³-hybridized carbons (Fsp3) is 0.846. The predicted molar refractivity (Wildman–Crippen MR) is 75.9 cm³/mol. The van der Waals surface area contributed by atoms with Crippen LogP contribution in [0.5, 0.6) is 0 Å². The van der Waals surface area contributed by atoms with E-state index in [0.717, 1.165) is 25.7 Å². The molecule has 2 unspecified atom stereocenters. The minimum atomic E-state index is -0.760. The number of hydrogen-bond acceptors (Lipinski definition) is 3. The summed E-state index contributed by atoms with van der Waals surface area (Å²) in [5.74, 6) is 0.248. The normalized spacial score (nSPS) is 33.6. The number of urea groups is 1. The fourth-order valence-electron chi connectivity index (χ4n) is 3.00. The Labute approximate surface area is 121 Å². The van der Waals surface area contributed by atoms with Crippen molar-refractivity contribution < 1.29 is 18.9 Å². The highest BCUT2D eigenvalue weighted by Crippen LogP contribution is 2.31. The zero-order valence-electron chi connectivity index (χ0n) is 11.5. The van der Waals surface area contributed by atoms with Gasteiger partial charge in [-0.05, 0) is 31.6 Å². The summed E-state index contributed by atoms with van der Waals surface area (Å²) in [6.45, 7) is 0.418. The largest absolute Gasteiger partial charge is 0.481 e. The van der Waals surface area contributed by atoms with Crippen molar-refractivity contribution in [3.63, 3.8) is 0 Å². The molecule has 2 aliphatic rings. The molecular weight excluding hydrogens is 280 g/mol. The van der Waals surface area contributed by atoms with Gasteiger partial charge in [0.25, 0.3) is 0 Å². The highest BCUT2D eigenvalue weighted by atomic mass is 32.2. The molecule has 1 heterocycles. The first kappa shape index (κ1) is 15.3. The van der Waals surface area contributed by atoms with Crippen LogP contribution in [-0.2, 0) is 15.6 Å². The molecule has 20 heavy (non-hydrogen) atoms. The van der Waals surface area contributed by atoms with Crippen LogP contribution in [0.15, 0.2) is 0 Å². The van der Waals surface area contributed by atoms with E-state index in [1.807, 2.05) is 0 Å². The molecule has 0 bridgehead atoms. The Hall–Kier alpha value is -1.11. The molecule has 1 saturated carbocycles. The Morgan fingerprint density at radius 1 is 1.15 bits per heavy atom. The van der Waals surface area contributed by atoms with Crippen LogP contribution < -0.4 is 10.6 Å². The maximum absolute atomic E-state index is 11.8. The van der Waals surface area contributed by atoms with Crippen LogP contribution in [0.4, 0.5) is 4.79 Å². The van der Waals surface area contributed by atoms with Crippen LogP contribution in [0, 0.1) is 11.8 Å². The Bertz CT molecular complexity index is 392.